The summed E-state index contributed by atoms with van der Waals surface area (Å²) in [4.78, 5) is 10.1. The molecule has 0 amide bonds. The van der Waals surface area contributed by atoms with Crippen LogP contribution in [0.3, 0.4) is 0 Å². The number of nitrogens with one attached hydrogen (secondary N) is 1. The largest absolute Gasteiger partial charge is 0.478 e. The van der Waals surface area contributed by atoms with E-state index >= 15 is 0 Å². The molecule has 20 heavy (non-hydrogen) atoms. The van der Waals surface area contributed by atoms with Crippen molar-refractivity contribution in [2.45, 2.75) is 11.1 Å². The minimum atomic E-state index is -4.76. The average molecular weight is 352 g/mol. The lowest BCUT2D eigenvalue weighted by Crippen LogP contribution is -2.34. The van der Waals surface area contributed by atoms with Gasteiger partial charge >= 0.3 is 12.1 Å². The normalized spacial score (nSPS) is 12.4. The summed E-state index contributed by atoms with van der Waals surface area (Å²) in [6.45, 7) is -1.81. The molecule has 0 spiro atoms. The summed E-state index contributed by atoms with van der Waals surface area (Å²) in [6, 6.07) is 1.73. The van der Waals surface area contributed by atoms with Gasteiger partial charge in [-0.1, -0.05) is 23.2 Å². The van der Waals surface area contributed by atoms with Crippen LogP contribution in [0.1, 0.15) is 10.4 Å². The molecule has 0 aliphatic heterocycles. The van der Waals surface area contributed by atoms with Crippen LogP contribution in [0.15, 0.2) is 17.0 Å². The molecule has 2 N–H and O–H groups in total. The van der Waals surface area contributed by atoms with Crippen molar-refractivity contribution in [1.82, 2.24) is 4.72 Å². The van der Waals surface area contributed by atoms with Crippen LogP contribution in [0.4, 0.5) is 13.2 Å². The molecule has 0 aliphatic rings. The number of hydrogen-bond donors (Lipinski definition) is 2. The summed E-state index contributed by atoms with van der Waals surface area (Å²) >= 11 is 11.1. The van der Waals surface area contributed by atoms with Gasteiger partial charge in [0, 0.05) is 0 Å². The molecule has 5 nitrogen and oxygen atoms in total. The Labute approximate surface area is 121 Å². The number of carboxylic acid groups (broad SMARTS) is 1. The zero-order chi connectivity index (χ0) is 15.7. The third-order valence-corrected chi connectivity index (χ3v) is 4.28. The fourth-order valence-corrected chi connectivity index (χ4v) is 3.12. The van der Waals surface area contributed by atoms with Crippen molar-refractivity contribution < 1.29 is 31.5 Å². The summed E-state index contributed by atoms with van der Waals surface area (Å²) in [5.41, 5.74) is -0.705. The number of carboxylic acids is 1. The molecule has 112 valence electrons. The van der Waals surface area contributed by atoms with Gasteiger partial charge in [-0.15, -0.1) is 0 Å². The van der Waals surface area contributed by atoms with Crippen molar-refractivity contribution in [3.05, 3.63) is 27.7 Å². The second-order valence-corrected chi connectivity index (χ2v) is 6.00. The first-order valence-corrected chi connectivity index (χ1v) is 6.97. The first-order valence-electron chi connectivity index (χ1n) is 4.73. The van der Waals surface area contributed by atoms with Gasteiger partial charge in [-0.25, -0.2) is 17.9 Å². The highest BCUT2D eigenvalue weighted by atomic mass is 35.5. The van der Waals surface area contributed by atoms with E-state index in [-0.39, 0.29) is 5.02 Å². The van der Waals surface area contributed by atoms with Crippen LogP contribution in [0, 0.1) is 0 Å². The number of hydrogen-bond acceptors (Lipinski definition) is 3. The van der Waals surface area contributed by atoms with Gasteiger partial charge in [-0.2, -0.15) is 13.2 Å². The van der Waals surface area contributed by atoms with Gasteiger partial charge in [-0.05, 0) is 12.1 Å². The molecule has 1 rings (SSSR count). The number of rotatable bonds is 4. The molecule has 0 fully saturated rings. The lowest BCUT2D eigenvalue weighted by molar-refractivity contribution is -0.121. The molecule has 0 unspecified atom stereocenters. The Balaban J connectivity index is 3.27. The van der Waals surface area contributed by atoms with E-state index in [1.54, 1.807) is 0 Å². The number of sulfonamides is 1. The van der Waals surface area contributed by atoms with Crippen molar-refractivity contribution in [2.24, 2.45) is 0 Å². The molecule has 0 bridgehead atoms. The van der Waals surface area contributed by atoms with Crippen molar-refractivity contribution in [3.63, 3.8) is 0 Å². The van der Waals surface area contributed by atoms with E-state index in [9.17, 15) is 26.4 Å². The van der Waals surface area contributed by atoms with Crippen LogP contribution in [0.2, 0.25) is 10.0 Å². The van der Waals surface area contributed by atoms with Crippen molar-refractivity contribution in [2.75, 3.05) is 6.54 Å². The number of carbonyl (C=O) groups is 1. The minimum Gasteiger partial charge on any atom is -0.478 e. The summed E-state index contributed by atoms with van der Waals surface area (Å²) in [5.74, 6) is -1.60. The van der Waals surface area contributed by atoms with Gasteiger partial charge < -0.3 is 5.11 Å². The van der Waals surface area contributed by atoms with Crippen LogP contribution >= 0.6 is 23.2 Å². The van der Waals surface area contributed by atoms with Gasteiger partial charge in [0.05, 0.1) is 15.6 Å². The maximum absolute atomic E-state index is 12.0. The Morgan fingerprint density at radius 3 is 2.30 bits per heavy atom. The predicted molar refractivity (Wildman–Crippen MR) is 64.7 cm³/mol. The summed E-state index contributed by atoms with van der Waals surface area (Å²) in [7, 11) is -4.62. The number of aromatic carboxylic acids is 1. The van der Waals surface area contributed by atoms with Gasteiger partial charge in [0.1, 0.15) is 11.4 Å². The lowest BCUT2D eigenvalue weighted by atomic mass is 10.2. The van der Waals surface area contributed by atoms with Crippen molar-refractivity contribution in [1.29, 1.82) is 0 Å². The van der Waals surface area contributed by atoms with Crippen molar-refractivity contribution in [3.8, 4) is 0 Å². The van der Waals surface area contributed by atoms with Crippen LogP contribution < -0.4 is 4.72 Å². The maximum atomic E-state index is 12.0. The summed E-state index contributed by atoms with van der Waals surface area (Å²) < 4.78 is 60.6. The molecule has 0 saturated heterocycles. The molecule has 0 saturated carbocycles. The molecular formula is C9H6Cl2F3NO4S. The topological polar surface area (TPSA) is 83.5 Å². The summed E-state index contributed by atoms with van der Waals surface area (Å²) in [6.07, 6.45) is -4.76. The van der Waals surface area contributed by atoms with E-state index in [0.29, 0.717) is 0 Å². The Morgan fingerprint density at radius 1 is 1.30 bits per heavy atom. The van der Waals surface area contributed by atoms with Crippen LogP contribution in [0.25, 0.3) is 0 Å². The first-order chi connectivity index (χ1) is 8.96. The highest BCUT2D eigenvalue weighted by molar-refractivity contribution is 7.89. The van der Waals surface area contributed by atoms with Gasteiger partial charge in [0.2, 0.25) is 10.0 Å². The lowest BCUT2D eigenvalue weighted by Gasteiger charge is -2.12. The molecular weight excluding hydrogens is 346 g/mol. The number of halogens is 5. The minimum absolute atomic E-state index is 0.336. The summed E-state index contributed by atoms with van der Waals surface area (Å²) in [5, 5.41) is 7.73. The maximum Gasteiger partial charge on any atom is 0.402 e. The van der Waals surface area contributed by atoms with Crippen molar-refractivity contribution >= 4 is 39.2 Å². The molecule has 0 heterocycles. The van der Waals surface area contributed by atoms with E-state index in [1.807, 2.05) is 0 Å². The third kappa shape index (κ3) is 3.98. The second-order valence-electron chi connectivity index (χ2n) is 3.48. The number of alkyl halides is 3. The van der Waals surface area contributed by atoms with E-state index in [1.165, 1.54) is 4.72 Å². The Hall–Kier alpha value is -1.03. The van der Waals surface area contributed by atoms with E-state index in [2.05, 4.69) is 0 Å². The smallest absolute Gasteiger partial charge is 0.402 e. The highest BCUT2D eigenvalue weighted by Gasteiger charge is 2.31. The highest BCUT2D eigenvalue weighted by Crippen LogP contribution is 2.31. The third-order valence-electron chi connectivity index (χ3n) is 2.02. The Morgan fingerprint density at radius 2 is 1.85 bits per heavy atom. The molecule has 0 radical (unpaired) electrons. The Kier molecular flexibility index (Phi) is 4.90. The standard InChI is InChI=1S/C9H6Cl2F3NO4S/c10-4-1-2-5(7(11)6(4)8(16)17)20(18,19)15-3-9(12,13)14/h1-2,15H,3H2,(H,16,17). The average Bonchev–Trinajstić information content (AvgIpc) is 2.24. The molecule has 0 aliphatic carbocycles. The SMILES string of the molecule is O=C(O)c1c(Cl)ccc(S(=O)(=O)NCC(F)(F)F)c1Cl. The zero-order valence-corrected chi connectivity index (χ0v) is 11.7. The molecule has 1 aromatic carbocycles. The van der Waals surface area contributed by atoms with Gasteiger partial charge in [0.15, 0.2) is 0 Å². The molecule has 0 aromatic heterocycles. The van der Waals surface area contributed by atoms with Gasteiger partial charge in [0.25, 0.3) is 0 Å². The van der Waals surface area contributed by atoms with Crippen LogP contribution in [-0.2, 0) is 10.0 Å². The first kappa shape index (κ1) is 17.0. The predicted octanol–water partition coefficient (Wildman–Crippen LogP) is 2.53. The van der Waals surface area contributed by atoms with Gasteiger partial charge in [-0.3, -0.25) is 0 Å². The van der Waals surface area contributed by atoms with Crippen LogP contribution in [0.5, 0.6) is 0 Å². The molecule has 0 atom stereocenters. The Bertz CT molecular complexity index is 645. The fraction of sp³-hybridized carbons (Fsp3) is 0.222. The monoisotopic (exact) mass is 351 g/mol. The number of benzene rings is 1. The fourth-order valence-electron chi connectivity index (χ4n) is 1.19. The molecule has 11 heteroatoms. The second kappa shape index (κ2) is 5.76. The van der Waals surface area contributed by atoms with E-state index < -0.39 is 44.2 Å². The molecule has 1 aromatic rings. The zero-order valence-electron chi connectivity index (χ0n) is 9.33. The van der Waals surface area contributed by atoms with E-state index in [0.717, 1.165) is 12.1 Å². The quantitative estimate of drug-likeness (QED) is 0.872. The van der Waals surface area contributed by atoms with E-state index in [4.69, 9.17) is 28.3 Å². The van der Waals surface area contributed by atoms with Crippen LogP contribution in [-0.4, -0.2) is 32.2 Å².